The van der Waals surface area contributed by atoms with Gasteiger partial charge in [0.05, 0.1) is 21.9 Å². The van der Waals surface area contributed by atoms with Gasteiger partial charge in [0.25, 0.3) is 0 Å². The molecule has 1 aromatic rings. The van der Waals surface area contributed by atoms with Crippen LogP contribution in [0.5, 0.6) is 0 Å². The molecule has 1 aliphatic rings. The number of carboxylic acids is 1. The smallest absolute Gasteiger partial charge is 0.335 e. The van der Waals surface area contributed by atoms with E-state index < -0.39 is 15.8 Å². The van der Waals surface area contributed by atoms with Gasteiger partial charge in [-0.3, -0.25) is 0 Å². The number of aryl methyl sites for hydroxylation is 1. The van der Waals surface area contributed by atoms with E-state index in [2.05, 4.69) is 5.16 Å². The lowest BCUT2D eigenvalue weighted by molar-refractivity contribution is 0.0696. The van der Waals surface area contributed by atoms with Gasteiger partial charge < -0.3 is 9.94 Å². The number of oxime groups is 1. The van der Waals surface area contributed by atoms with Crippen molar-refractivity contribution in [3.8, 4) is 0 Å². The number of fused-ring (bicyclic) bond motifs is 1. The molecule has 0 amide bonds. The predicted molar refractivity (Wildman–Crippen MR) is 73.1 cm³/mol. The maximum absolute atomic E-state index is 12.2. The summed E-state index contributed by atoms with van der Waals surface area (Å²) in [6.07, 6.45) is 0.215. The largest absolute Gasteiger partial charge is 0.478 e. The van der Waals surface area contributed by atoms with Gasteiger partial charge in [-0.25, -0.2) is 13.2 Å². The Hall–Kier alpha value is -1.89. The quantitative estimate of drug-likeness (QED) is 0.836. The number of carboxylic acid groups (broad SMARTS) is 1. The summed E-state index contributed by atoms with van der Waals surface area (Å²) in [6.45, 7) is 3.19. The normalized spacial score (nSPS) is 18.6. The summed E-state index contributed by atoms with van der Waals surface area (Å²) in [4.78, 5) is 16.2. The Morgan fingerprint density at radius 3 is 2.60 bits per heavy atom. The van der Waals surface area contributed by atoms with Crippen LogP contribution in [-0.4, -0.2) is 38.1 Å². The predicted octanol–water partition coefficient (Wildman–Crippen LogP) is 1.53. The maximum atomic E-state index is 12.2. The molecule has 7 heteroatoms. The lowest BCUT2D eigenvalue weighted by Crippen LogP contribution is -2.25. The van der Waals surface area contributed by atoms with Gasteiger partial charge in [0.15, 0.2) is 9.84 Å². The molecule has 6 nitrogen and oxygen atoms in total. The van der Waals surface area contributed by atoms with Gasteiger partial charge in [0.2, 0.25) is 0 Å². The molecule has 1 aromatic carbocycles. The summed E-state index contributed by atoms with van der Waals surface area (Å²) in [5, 5.41) is 13.1. The van der Waals surface area contributed by atoms with Crippen molar-refractivity contribution < 1.29 is 23.2 Å². The van der Waals surface area contributed by atoms with E-state index in [1.807, 2.05) is 0 Å². The molecular formula is C13H15NO5S. The molecule has 0 bridgehead atoms. The average Bonchev–Trinajstić information content (AvgIpc) is 2.35. The zero-order valence-corrected chi connectivity index (χ0v) is 12.2. The number of aromatic carboxylic acids is 1. The van der Waals surface area contributed by atoms with Crippen LogP contribution in [-0.2, 0) is 14.7 Å². The summed E-state index contributed by atoms with van der Waals surface area (Å²) in [5.74, 6) is -1.14. The van der Waals surface area contributed by atoms with Gasteiger partial charge >= 0.3 is 5.97 Å². The Morgan fingerprint density at radius 1 is 1.40 bits per heavy atom. The van der Waals surface area contributed by atoms with Crippen molar-refractivity contribution in [1.82, 2.24) is 0 Å². The van der Waals surface area contributed by atoms with Gasteiger partial charge in [-0.2, -0.15) is 0 Å². The van der Waals surface area contributed by atoms with Crippen molar-refractivity contribution in [3.05, 3.63) is 28.3 Å². The van der Waals surface area contributed by atoms with Crippen LogP contribution in [0.25, 0.3) is 0 Å². The molecule has 1 heterocycles. The van der Waals surface area contributed by atoms with Gasteiger partial charge in [0, 0.05) is 12.0 Å². The molecule has 0 atom stereocenters. The number of rotatable bonds is 2. The Balaban J connectivity index is 2.91. The van der Waals surface area contributed by atoms with E-state index >= 15 is 0 Å². The van der Waals surface area contributed by atoms with E-state index in [1.54, 1.807) is 13.8 Å². The molecule has 0 unspecified atom stereocenters. The number of benzene rings is 1. The lowest BCUT2D eigenvalue weighted by Gasteiger charge is -2.23. The van der Waals surface area contributed by atoms with E-state index in [4.69, 9.17) is 4.84 Å². The van der Waals surface area contributed by atoms with Crippen molar-refractivity contribution >= 4 is 21.5 Å². The van der Waals surface area contributed by atoms with E-state index in [9.17, 15) is 18.3 Å². The first kappa shape index (κ1) is 14.5. The van der Waals surface area contributed by atoms with Crippen LogP contribution >= 0.6 is 0 Å². The highest BCUT2D eigenvalue weighted by molar-refractivity contribution is 7.91. The molecular weight excluding hydrogens is 282 g/mol. The van der Waals surface area contributed by atoms with Crippen molar-refractivity contribution in [2.45, 2.75) is 25.2 Å². The zero-order valence-electron chi connectivity index (χ0n) is 11.4. The van der Waals surface area contributed by atoms with Crippen LogP contribution in [0, 0.1) is 13.8 Å². The summed E-state index contributed by atoms with van der Waals surface area (Å²) in [6, 6.07) is 1.39. The third-order valence-corrected chi connectivity index (χ3v) is 5.25. The van der Waals surface area contributed by atoms with Crippen LogP contribution in [0.2, 0.25) is 0 Å². The van der Waals surface area contributed by atoms with Crippen molar-refractivity contribution in [2.75, 3.05) is 12.9 Å². The van der Waals surface area contributed by atoms with E-state index in [-0.39, 0.29) is 22.6 Å². The van der Waals surface area contributed by atoms with Crippen LogP contribution in [0.4, 0.5) is 0 Å². The molecule has 108 valence electrons. The molecule has 2 rings (SSSR count). The molecule has 1 N–H and O–H groups in total. The Morgan fingerprint density at radius 2 is 2.05 bits per heavy atom. The van der Waals surface area contributed by atoms with Crippen LogP contribution < -0.4 is 0 Å². The number of nitrogens with zero attached hydrogens (tertiary/aromatic N) is 1. The second kappa shape index (κ2) is 4.90. The summed E-state index contributed by atoms with van der Waals surface area (Å²) < 4.78 is 24.5. The van der Waals surface area contributed by atoms with Gasteiger partial charge in [0.1, 0.15) is 7.11 Å². The monoisotopic (exact) mass is 297 g/mol. The van der Waals surface area contributed by atoms with E-state index in [0.717, 1.165) is 0 Å². The molecule has 0 aliphatic carbocycles. The molecule has 0 radical (unpaired) electrons. The molecule has 0 saturated heterocycles. The summed E-state index contributed by atoms with van der Waals surface area (Å²) in [7, 11) is -2.04. The maximum Gasteiger partial charge on any atom is 0.335 e. The molecule has 20 heavy (non-hydrogen) atoms. The molecule has 0 aromatic heterocycles. The van der Waals surface area contributed by atoms with E-state index in [1.165, 1.54) is 13.2 Å². The second-order valence-corrected chi connectivity index (χ2v) is 6.71. The summed E-state index contributed by atoms with van der Waals surface area (Å²) >= 11 is 0. The average molecular weight is 297 g/mol. The highest BCUT2D eigenvalue weighted by Crippen LogP contribution is 2.33. The zero-order chi connectivity index (χ0) is 15.1. The second-order valence-electron chi connectivity index (χ2n) is 4.66. The van der Waals surface area contributed by atoms with Crippen molar-refractivity contribution in [2.24, 2.45) is 5.16 Å². The molecule has 1 aliphatic heterocycles. The number of hydrogen-bond donors (Lipinski definition) is 1. The van der Waals surface area contributed by atoms with E-state index in [0.29, 0.717) is 22.4 Å². The highest BCUT2D eigenvalue weighted by atomic mass is 32.2. The minimum absolute atomic E-state index is 0.0467. The first-order valence-electron chi connectivity index (χ1n) is 6.00. The first-order chi connectivity index (χ1) is 9.29. The Labute approximate surface area is 117 Å². The van der Waals surface area contributed by atoms with Crippen molar-refractivity contribution in [3.63, 3.8) is 0 Å². The van der Waals surface area contributed by atoms with Gasteiger partial charge in [-0.05, 0) is 31.0 Å². The first-order valence-corrected chi connectivity index (χ1v) is 7.65. The van der Waals surface area contributed by atoms with Gasteiger partial charge in [-0.15, -0.1) is 0 Å². The molecule has 0 saturated carbocycles. The lowest BCUT2D eigenvalue weighted by atomic mass is 9.94. The number of carbonyl (C=O) groups is 1. The van der Waals surface area contributed by atoms with Crippen molar-refractivity contribution in [1.29, 1.82) is 0 Å². The van der Waals surface area contributed by atoms with Crippen LogP contribution in [0.3, 0.4) is 0 Å². The third-order valence-electron chi connectivity index (χ3n) is 3.36. The topological polar surface area (TPSA) is 93.0 Å². The molecule has 0 spiro atoms. The molecule has 0 fully saturated rings. The minimum atomic E-state index is -3.42. The fourth-order valence-corrected chi connectivity index (χ4v) is 4.32. The fraction of sp³-hybridized carbons (Fsp3) is 0.385. The van der Waals surface area contributed by atoms with Gasteiger partial charge in [-0.1, -0.05) is 5.16 Å². The third kappa shape index (κ3) is 2.18. The Bertz CT molecular complexity index is 719. The Kier molecular flexibility index (Phi) is 3.56. The van der Waals surface area contributed by atoms with Crippen LogP contribution in [0.15, 0.2) is 16.1 Å². The summed E-state index contributed by atoms with van der Waals surface area (Å²) in [5.41, 5.74) is 1.75. The fourth-order valence-electron chi connectivity index (χ4n) is 2.52. The standard InChI is InChI=1S/C13H15NO5S/c1-7-6-9(13(15)16)8(2)11-10(14-19-3)4-5-20(17,18)12(7)11/h6H,4-5H2,1-3H3,(H,15,16). The number of hydrogen-bond acceptors (Lipinski definition) is 5. The SMILES string of the molecule is CON=C1CCS(=O)(=O)c2c(C)cc(C(=O)O)c(C)c21. The minimum Gasteiger partial charge on any atom is -0.478 e. The van der Waals surface area contributed by atoms with Crippen LogP contribution in [0.1, 0.15) is 33.5 Å². The highest BCUT2D eigenvalue weighted by Gasteiger charge is 2.33. The number of sulfone groups is 1.